The molecule has 0 spiro atoms. The van der Waals surface area contributed by atoms with Crippen LogP contribution in [0.4, 0.5) is 0 Å². The second-order valence-corrected chi connectivity index (χ2v) is 4.58. The summed E-state index contributed by atoms with van der Waals surface area (Å²) in [6, 6.07) is 0. The third-order valence-corrected chi connectivity index (χ3v) is 3.13. The van der Waals surface area contributed by atoms with Crippen molar-refractivity contribution in [1.82, 2.24) is 0 Å². The van der Waals surface area contributed by atoms with Crippen LogP contribution in [0.3, 0.4) is 0 Å². The van der Waals surface area contributed by atoms with Gasteiger partial charge in [0, 0.05) is 0 Å². The molecule has 0 aliphatic rings. The lowest BCUT2D eigenvalue weighted by Gasteiger charge is -2.10. The predicted molar refractivity (Wildman–Crippen MR) is 63.7 cm³/mol. The highest BCUT2D eigenvalue weighted by molar-refractivity contribution is 5.71. The minimum Gasteiger partial charge on any atom is -0.469 e. The van der Waals surface area contributed by atoms with Gasteiger partial charge < -0.3 is 4.74 Å². The van der Waals surface area contributed by atoms with Gasteiger partial charge >= 0.3 is 5.97 Å². The molecule has 2 heteroatoms. The lowest BCUT2D eigenvalue weighted by molar-refractivity contribution is -0.145. The molecule has 0 fully saturated rings. The van der Waals surface area contributed by atoms with Gasteiger partial charge in [0.05, 0.1) is 13.0 Å². The third-order valence-electron chi connectivity index (χ3n) is 3.13. The Morgan fingerprint density at radius 1 is 1.13 bits per heavy atom. The maximum absolute atomic E-state index is 11.1. The van der Waals surface area contributed by atoms with Crippen molar-refractivity contribution < 1.29 is 9.53 Å². The minimum atomic E-state index is -0.0723. The summed E-state index contributed by atoms with van der Waals surface area (Å²) in [4.78, 5) is 11.1. The van der Waals surface area contributed by atoms with Gasteiger partial charge in [-0.25, -0.2) is 0 Å². The first-order chi connectivity index (χ1) is 7.11. The Morgan fingerprint density at radius 3 is 2.27 bits per heavy atom. The molecule has 0 heterocycles. The molecule has 0 aromatic heterocycles. The van der Waals surface area contributed by atoms with E-state index in [-0.39, 0.29) is 11.9 Å². The van der Waals surface area contributed by atoms with Crippen LogP contribution in [0.15, 0.2) is 0 Å². The van der Waals surface area contributed by atoms with Crippen molar-refractivity contribution in [3.63, 3.8) is 0 Å². The topological polar surface area (TPSA) is 26.3 Å². The largest absolute Gasteiger partial charge is 0.469 e. The Kier molecular flexibility index (Phi) is 8.44. The quantitative estimate of drug-likeness (QED) is 0.454. The lowest BCUT2D eigenvalue weighted by atomic mass is 9.98. The zero-order valence-electron chi connectivity index (χ0n) is 10.7. The number of carbonyl (C=O) groups is 1. The van der Waals surface area contributed by atoms with E-state index >= 15 is 0 Å². The van der Waals surface area contributed by atoms with Gasteiger partial charge in [0.15, 0.2) is 0 Å². The Bertz CT molecular complexity index is 166. The van der Waals surface area contributed by atoms with Crippen molar-refractivity contribution in [2.45, 2.75) is 59.3 Å². The van der Waals surface area contributed by atoms with Crippen molar-refractivity contribution >= 4 is 5.97 Å². The molecule has 0 amide bonds. The maximum atomic E-state index is 11.1. The molecular weight excluding hydrogens is 188 g/mol. The molecule has 0 saturated carbocycles. The van der Waals surface area contributed by atoms with Crippen LogP contribution in [-0.4, -0.2) is 13.1 Å². The molecular formula is C13H26O2. The van der Waals surface area contributed by atoms with Gasteiger partial charge in [-0.15, -0.1) is 0 Å². The smallest absolute Gasteiger partial charge is 0.308 e. The minimum absolute atomic E-state index is 0.0681. The van der Waals surface area contributed by atoms with Gasteiger partial charge in [0.1, 0.15) is 0 Å². The fraction of sp³-hybridized carbons (Fsp3) is 0.923. The van der Waals surface area contributed by atoms with Crippen LogP contribution in [0, 0.1) is 11.8 Å². The summed E-state index contributed by atoms with van der Waals surface area (Å²) >= 11 is 0. The zero-order chi connectivity index (χ0) is 11.7. The summed E-state index contributed by atoms with van der Waals surface area (Å²) in [5.74, 6) is 0.846. The number of carbonyl (C=O) groups excluding carboxylic acids is 1. The monoisotopic (exact) mass is 214 g/mol. The summed E-state index contributed by atoms with van der Waals surface area (Å²) < 4.78 is 4.69. The van der Waals surface area contributed by atoms with Crippen molar-refractivity contribution in [2.75, 3.05) is 7.11 Å². The average molecular weight is 214 g/mol. The Balaban J connectivity index is 3.34. The molecule has 0 aliphatic carbocycles. The van der Waals surface area contributed by atoms with Crippen LogP contribution >= 0.6 is 0 Å². The van der Waals surface area contributed by atoms with Gasteiger partial charge in [-0.3, -0.25) is 4.79 Å². The van der Waals surface area contributed by atoms with E-state index in [4.69, 9.17) is 0 Å². The van der Waals surface area contributed by atoms with Crippen molar-refractivity contribution in [3.05, 3.63) is 0 Å². The Hall–Kier alpha value is -0.530. The van der Waals surface area contributed by atoms with Gasteiger partial charge in [0.25, 0.3) is 0 Å². The number of unbranched alkanes of at least 4 members (excludes halogenated alkanes) is 2. The summed E-state index contributed by atoms with van der Waals surface area (Å²) in [7, 11) is 1.46. The lowest BCUT2D eigenvalue weighted by Crippen LogP contribution is -2.12. The molecule has 2 nitrogen and oxygen atoms in total. The third kappa shape index (κ3) is 7.40. The van der Waals surface area contributed by atoms with E-state index < -0.39 is 0 Å². The highest BCUT2D eigenvalue weighted by Crippen LogP contribution is 2.15. The van der Waals surface area contributed by atoms with Gasteiger partial charge in [-0.1, -0.05) is 52.9 Å². The van der Waals surface area contributed by atoms with E-state index in [0.29, 0.717) is 0 Å². The van der Waals surface area contributed by atoms with E-state index in [1.165, 1.54) is 32.8 Å². The fourth-order valence-corrected chi connectivity index (χ4v) is 1.64. The van der Waals surface area contributed by atoms with Crippen LogP contribution in [0.5, 0.6) is 0 Å². The number of rotatable bonds is 8. The second-order valence-electron chi connectivity index (χ2n) is 4.58. The molecule has 0 rings (SSSR count). The number of methoxy groups -OCH3 is 1. The van der Waals surface area contributed by atoms with E-state index in [0.717, 1.165) is 18.8 Å². The zero-order valence-corrected chi connectivity index (χ0v) is 10.7. The van der Waals surface area contributed by atoms with Gasteiger partial charge in [0.2, 0.25) is 0 Å². The van der Waals surface area contributed by atoms with Crippen LogP contribution in [0.1, 0.15) is 59.3 Å². The van der Waals surface area contributed by atoms with Gasteiger partial charge in [-0.05, 0) is 12.3 Å². The predicted octanol–water partition coefficient (Wildman–Crippen LogP) is 3.79. The van der Waals surface area contributed by atoms with E-state index in [1.54, 1.807) is 0 Å². The molecule has 0 aliphatic heterocycles. The average Bonchev–Trinajstić information content (AvgIpc) is 2.26. The molecule has 90 valence electrons. The fourth-order valence-electron chi connectivity index (χ4n) is 1.64. The normalized spacial score (nSPS) is 14.7. The van der Waals surface area contributed by atoms with Crippen LogP contribution < -0.4 is 0 Å². The number of hydrogen-bond acceptors (Lipinski definition) is 2. The van der Waals surface area contributed by atoms with Crippen molar-refractivity contribution in [1.29, 1.82) is 0 Å². The molecule has 0 aromatic rings. The summed E-state index contributed by atoms with van der Waals surface area (Å²) in [5, 5.41) is 0. The van der Waals surface area contributed by atoms with Crippen molar-refractivity contribution in [2.24, 2.45) is 11.8 Å². The second kappa shape index (κ2) is 8.75. The molecule has 2 atom stereocenters. The number of ether oxygens (including phenoxy) is 1. The molecule has 0 N–H and O–H groups in total. The SMILES string of the molecule is CCC(C)CCCCCC(C)C(=O)OC. The van der Waals surface area contributed by atoms with E-state index in [1.807, 2.05) is 6.92 Å². The highest BCUT2D eigenvalue weighted by atomic mass is 16.5. The van der Waals surface area contributed by atoms with Gasteiger partial charge in [-0.2, -0.15) is 0 Å². The standard InChI is InChI=1S/C13H26O2/c1-5-11(2)9-7-6-8-10-12(3)13(14)15-4/h11-12H,5-10H2,1-4H3. The summed E-state index contributed by atoms with van der Waals surface area (Å²) in [5.41, 5.74) is 0. The molecule has 2 unspecified atom stereocenters. The molecule has 0 aromatic carbocycles. The number of esters is 1. The summed E-state index contributed by atoms with van der Waals surface area (Å²) in [6.45, 7) is 6.49. The van der Waals surface area contributed by atoms with Crippen molar-refractivity contribution in [3.8, 4) is 0 Å². The molecule has 0 bridgehead atoms. The maximum Gasteiger partial charge on any atom is 0.308 e. The first-order valence-electron chi connectivity index (χ1n) is 6.19. The van der Waals surface area contributed by atoms with Crippen LogP contribution in [-0.2, 0) is 9.53 Å². The molecule has 0 radical (unpaired) electrons. The highest BCUT2D eigenvalue weighted by Gasteiger charge is 2.11. The molecule has 15 heavy (non-hydrogen) atoms. The first-order valence-corrected chi connectivity index (χ1v) is 6.19. The number of hydrogen-bond donors (Lipinski definition) is 0. The van der Waals surface area contributed by atoms with E-state index in [2.05, 4.69) is 18.6 Å². The van der Waals surface area contributed by atoms with Crippen LogP contribution in [0.2, 0.25) is 0 Å². The Labute approximate surface area is 94.4 Å². The van der Waals surface area contributed by atoms with E-state index in [9.17, 15) is 4.79 Å². The van der Waals surface area contributed by atoms with Crippen LogP contribution in [0.25, 0.3) is 0 Å². The Morgan fingerprint density at radius 2 is 1.73 bits per heavy atom. The summed E-state index contributed by atoms with van der Waals surface area (Å²) in [6.07, 6.45) is 7.25. The first kappa shape index (κ1) is 14.5. The molecule has 0 saturated heterocycles.